The Balaban J connectivity index is 1.41. The molecular weight excluding hydrogens is 651 g/mol. The van der Waals surface area contributed by atoms with Crippen LogP contribution in [0.1, 0.15) is 63.8 Å². The zero-order chi connectivity index (χ0) is 37.0. The Morgan fingerprint density at radius 1 is 0.769 bits per heavy atom. The van der Waals surface area contributed by atoms with Crippen molar-refractivity contribution < 1.29 is 19.5 Å². The van der Waals surface area contributed by atoms with Gasteiger partial charge in [0.1, 0.15) is 6.04 Å². The van der Waals surface area contributed by atoms with Gasteiger partial charge in [0.05, 0.1) is 24.9 Å². The molecule has 4 aromatic carbocycles. The molecule has 0 spiro atoms. The highest BCUT2D eigenvalue weighted by molar-refractivity contribution is 5.91. The summed E-state index contributed by atoms with van der Waals surface area (Å²) in [4.78, 5) is 48.6. The van der Waals surface area contributed by atoms with Gasteiger partial charge in [-0.25, -0.2) is 4.98 Å². The summed E-state index contributed by atoms with van der Waals surface area (Å²) in [6.45, 7) is 8.66. The first-order valence-corrected chi connectivity index (χ1v) is 18.6. The molecule has 0 bridgehead atoms. The predicted molar refractivity (Wildman–Crippen MR) is 207 cm³/mol. The summed E-state index contributed by atoms with van der Waals surface area (Å²) in [6, 6.07) is 27.0. The number of carbonyl (C=O) groups excluding carboxylic acids is 3. The number of rotatable bonds is 18. The minimum Gasteiger partial charge on any atom is -0.390 e. The van der Waals surface area contributed by atoms with Crippen LogP contribution in [0, 0.1) is 17.8 Å². The monoisotopic (exact) mass is 703 g/mol. The van der Waals surface area contributed by atoms with Crippen molar-refractivity contribution in [3.05, 3.63) is 114 Å². The number of amides is 3. The van der Waals surface area contributed by atoms with Crippen molar-refractivity contribution in [2.75, 3.05) is 6.54 Å². The molecule has 3 amide bonds. The molecule has 0 saturated carbocycles. The van der Waals surface area contributed by atoms with Crippen LogP contribution in [-0.4, -0.2) is 57.5 Å². The summed E-state index contributed by atoms with van der Waals surface area (Å²) >= 11 is 0. The van der Waals surface area contributed by atoms with Gasteiger partial charge in [0.2, 0.25) is 17.7 Å². The highest BCUT2D eigenvalue weighted by Crippen LogP contribution is 2.26. The Labute approximate surface area is 307 Å². The minimum absolute atomic E-state index is 0.134. The molecule has 9 nitrogen and oxygen atoms in total. The van der Waals surface area contributed by atoms with Gasteiger partial charge < -0.3 is 26.0 Å². The molecule has 274 valence electrons. The highest BCUT2D eigenvalue weighted by atomic mass is 16.3. The number of imidazole rings is 1. The van der Waals surface area contributed by atoms with Gasteiger partial charge in [-0.1, -0.05) is 119 Å². The quantitative estimate of drug-likeness (QED) is 0.0731. The number of nitrogens with one attached hydrogen (secondary N) is 4. The average molecular weight is 704 g/mol. The second-order valence-electron chi connectivity index (χ2n) is 14.6. The molecule has 0 aliphatic heterocycles. The van der Waals surface area contributed by atoms with E-state index in [1.807, 2.05) is 50.2 Å². The van der Waals surface area contributed by atoms with Crippen LogP contribution >= 0.6 is 0 Å². The first-order chi connectivity index (χ1) is 25.1. The summed E-state index contributed by atoms with van der Waals surface area (Å²) in [7, 11) is 0. The number of aliphatic hydroxyl groups is 1. The van der Waals surface area contributed by atoms with Crippen molar-refractivity contribution in [2.45, 2.75) is 84.4 Å². The van der Waals surface area contributed by atoms with E-state index in [0.717, 1.165) is 39.1 Å². The third-order valence-corrected chi connectivity index (χ3v) is 9.93. The van der Waals surface area contributed by atoms with Gasteiger partial charge in [-0.15, -0.1) is 0 Å². The summed E-state index contributed by atoms with van der Waals surface area (Å²) in [5, 5.41) is 24.6. The fourth-order valence-corrected chi connectivity index (χ4v) is 6.78. The van der Waals surface area contributed by atoms with E-state index < -0.39 is 30.0 Å². The second kappa shape index (κ2) is 18.5. The maximum Gasteiger partial charge on any atom is 0.243 e. The SMILES string of the molecule is CC[C@H](C)CNC(=O)C[C@H](O)[C@H](CC(C)C)NC(=O)C(Cc1cnc[nH]1)NC(=O)C(Cc1cccc2ccccc12)Cc1cccc2ccccc12. The molecule has 0 fully saturated rings. The van der Waals surface area contributed by atoms with Gasteiger partial charge in [-0.2, -0.15) is 0 Å². The average Bonchev–Trinajstić information content (AvgIpc) is 3.66. The van der Waals surface area contributed by atoms with Gasteiger partial charge >= 0.3 is 0 Å². The number of hydrogen-bond acceptors (Lipinski definition) is 5. The number of nitrogens with zero attached hydrogens (tertiary/aromatic N) is 1. The number of aliphatic hydroxyl groups excluding tert-OH is 1. The number of aromatic nitrogens is 2. The zero-order valence-electron chi connectivity index (χ0n) is 30.8. The summed E-state index contributed by atoms with van der Waals surface area (Å²) < 4.78 is 0. The Morgan fingerprint density at radius 3 is 1.92 bits per heavy atom. The largest absolute Gasteiger partial charge is 0.390 e. The molecular formula is C43H53N5O4. The molecule has 4 atom stereocenters. The van der Waals surface area contributed by atoms with Crippen molar-refractivity contribution in [3.63, 3.8) is 0 Å². The maximum atomic E-state index is 14.5. The number of carbonyl (C=O) groups is 3. The van der Waals surface area contributed by atoms with E-state index >= 15 is 0 Å². The lowest BCUT2D eigenvalue weighted by atomic mass is 9.87. The second-order valence-corrected chi connectivity index (χ2v) is 14.6. The smallest absolute Gasteiger partial charge is 0.243 e. The fraction of sp³-hybridized carbons (Fsp3) is 0.395. The molecule has 5 rings (SSSR count). The van der Waals surface area contributed by atoms with Gasteiger partial charge in [-0.05, 0) is 63.8 Å². The molecule has 5 aromatic rings. The Kier molecular flexibility index (Phi) is 13.6. The number of aromatic amines is 1. The van der Waals surface area contributed by atoms with Crippen LogP contribution in [0.3, 0.4) is 0 Å². The van der Waals surface area contributed by atoms with Gasteiger partial charge in [0.25, 0.3) is 0 Å². The van der Waals surface area contributed by atoms with Crippen LogP contribution in [0.5, 0.6) is 0 Å². The Morgan fingerprint density at radius 2 is 1.37 bits per heavy atom. The topological polar surface area (TPSA) is 136 Å². The van der Waals surface area contributed by atoms with E-state index in [1.54, 1.807) is 12.5 Å². The molecule has 1 aromatic heterocycles. The lowest BCUT2D eigenvalue weighted by Gasteiger charge is -2.29. The van der Waals surface area contributed by atoms with Crippen LogP contribution in [0.4, 0.5) is 0 Å². The van der Waals surface area contributed by atoms with E-state index in [0.29, 0.717) is 37.4 Å². The summed E-state index contributed by atoms with van der Waals surface area (Å²) in [5.74, 6) is -0.978. The van der Waals surface area contributed by atoms with Gasteiger partial charge in [0.15, 0.2) is 0 Å². The Bertz CT molecular complexity index is 1830. The van der Waals surface area contributed by atoms with Crippen molar-refractivity contribution in [3.8, 4) is 0 Å². The lowest BCUT2D eigenvalue weighted by Crippen LogP contribution is -2.55. The minimum atomic E-state index is -1.10. The van der Waals surface area contributed by atoms with Crippen LogP contribution in [-0.2, 0) is 33.6 Å². The molecule has 0 aliphatic rings. The number of fused-ring (bicyclic) bond motifs is 2. The third kappa shape index (κ3) is 10.5. The van der Waals surface area contributed by atoms with E-state index in [4.69, 9.17) is 0 Å². The fourth-order valence-electron chi connectivity index (χ4n) is 6.78. The van der Waals surface area contributed by atoms with E-state index in [2.05, 4.69) is 88.3 Å². The standard InChI is InChI=1S/C43H53N5O4/c1-5-29(4)25-45-41(50)24-40(49)38(20-28(2)3)47-43(52)39(23-35-26-44-27-46-35)48-42(51)34(21-32-16-10-14-30-12-6-8-18-36(30)32)22-33-17-11-15-31-13-7-9-19-37(31)33/h6-19,26-29,34,38-40,49H,5,20-25H2,1-4H3,(H,44,46)(H,45,50)(H,47,52)(H,48,51)/t29-,38-,39?,40-/m0/s1. The van der Waals surface area contributed by atoms with Crippen molar-refractivity contribution in [1.82, 2.24) is 25.9 Å². The summed E-state index contributed by atoms with van der Waals surface area (Å²) in [6.07, 6.45) is 4.44. The van der Waals surface area contributed by atoms with Crippen molar-refractivity contribution >= 4 is 39.3 Å². The van der Waals surface area contributed by atoms with Crippen molar-refractivity contribution in [2.24, 2.45) is 17.8 Å². The van der Waals surface area contributed by atoms with E-state index in [9.17, 15) is 19.5 Å². The normalized spacial score (nSPS) is 13.9. The Hall–Kier alpha value is -5.02. The number of benzene rings is 4. The molecule has 52 heavy (non-hydrogen) atoms. The van der Waals surface area contributed by atoms with E-state index in [-0.39, 0.29) is 30.6 Å². The van der Waals surface area contributed by atoms with Gasteiger partial charge in [0, 0.05) is 30.8 Å². The van der Waals surface area contributed by atoms with Crippen LogP contribution in [0.15, 0.2) is 97.5 Å². The maximum absolute atomic E-state index is 14.5. The van der Waals surface area contributed by atoms with Crippen LogP contribution in [0.25, 0.3) is 21.5 Å². The molecule has 5 N–H and O–H groups in total. The van der Waals surface area contributed by atoms with Crippen LogP contribution < -0.4 is 16.0 Å². The predicted octanol–water partition coefficient (Wildman–Crippen LogP) is 6.29. The number of hydrogen-bond donors (Lipinski definition) is 5. The molecule has 9 heteroatoms. The highest BCUT2D eigenvalue weighted by Gasteiger charge is 2.31. The molecule has 1 heterocycles. The van der Waals surface area contributed by atoms with E-state index in [1.165, 1.54) is 0 Å². The molecule has 0 aliphatic carbocycles. The molecule has 1 unspecified atom stereocenters. The zero-order valence-corrected chi connectivity index (χ0v) is 30.8. The lowest BCUT2D eigenvalue weighted by molar-refractivity contribution is -0.132. The third-order valence-electron chi connectivity index (χ3n) is 9.93. The van der Waals surface area contributed by atoms with Gasteiger partial charge in [-0.3, -0.25) is 14.4 Å². The number of H-pyrrole nitrogens is 1. The molecule has 0 radical (unpaired) electrons. The summed E-state index contributed by atoms with van der Waals surface area (Å²) in [5.41, 5.74) is 2.80. The van der Waals surface area contributed by atoms with Crippen molar-refractivity contribution in [1.29, 1.82) is 0 Å². The molecule has 0 saturated heterocycles. The van der Waals surface area contributed by atoms with Crippen LogP contribution in [0.2, 0.25) is 0 Å². The first-order valence-electron chi connectivity index (χ1n) is 18.6. The first kappa shape index (κ1) is 38.2.